The van der Waals surface area contributed by atoms with E-state index in [1.54, 1.807) is 24.3 Å². The van der Waals surface area contributed by atoms with Crippen molar-refractivity contribution >= 4 is 32.3 Å². The summed E-state index contributed by atoms with van der Waals surface area (Å²) in [7, 11) is 0. The highest BCUT2D eigenvalue weighted by Gasteiger charge is 2.17. The highest BCUT2D eigenvalue weighted by molar-refractivity contribution is 6.14. The summed E-state index contributed by atoms with van der Waals surface area (Å²) in [6, 6.07) is 32.4. The van der Waals surface area contributed by atoms with Crippen LogP contribution < -0.4 is 0 Å². The van der Waals surface area contributed by atoms with Gasteiger partial charge in [0, 0.05) is 10.8 Å². The number of rotatable bonds is 2. The molecule has 0 aliphatic rings. The molecule has 0 saturated carbocycles. The maximum Gasteiger partial charge on any atom is 0.124 e. The van der Waals surface area contributed by atoms with Gasteiger partial charge in [0.25, 0.3) is 0 Å². The fraction of sp³-hybridized carbons (Fsp3) is 0. The van der Waals surface area contributed by atoms with E-state index in [1.807, 2.05) is 72.8 Å². The summed E-state index contributed by atoms with van der Waals surface area (Å²) >= 11 is 0. The molecule has 158 valence electrons. The molecule has 3 N–H and O–H groups in total. The number of hydrogen-bond donors (Lipinski definition) is 3. The summed E-state index contributed by atoms with van der Waals surface area (Å²) in [5.74, 6) is 0.602. The predicted octanol–water partition coefficient (Wildman–Crippen LogP) is 7.60. The highest BCUT2D eigenvalue weighted by Crippen LogP contribution is 2.44. The van der Waals surface area contributed by atoms with Gasteiger partial charge in [-0.05, 0) is 68.1 Å². The Morgan fingerprint density at radius 2 is 0.970 bits per heavy atom. The average Bonchev–Trinajstić information content (AvgIpc) is 2.83. The Labute approximate surface area is 190 Å². The maximum atomic E-state index is 11.0. The van der Waals surface area contributed by atoms with E-state index in [2.05, 4.69) is 6.07 Å². The van der Waals surface area contributed by atoms with Crippen LogP contribution in [0.3, 0.4) is 0 Å². The molecule has 0 fully saturated rings. The van der Waals surface area contributed by atoms with Crippen molar-refractivity contribution in [2.75, 3.05) is 0 Å². The molecular weight excluding hydrogens is 408 g/mol. The Kier molecular flexibility index (Phi) is 4.24. The molecule has 3 heteroatoms. The van der Waals surface area contributed by atoms with Gasteiger partial charge in [-0.2, -0.15) is 0 Å². The largest absolute Gasteiger partial charge is 0.508 e. The van der Waals surface area contributed by atoms with Crippen LogP contribution in [0.1, 0.15) is 0 Å². The van der Waals surface area contributed by atoms with E-state index in [9.17, 15) is 15.3 Å². The predicted molar refractivity (Wildman–Crippen MR) is 135 cm³/mol. The van der Waals surface area contributed by atoms with E-state index in [0.717, 1.165) is 54.6 Å². The van der Waals surface area contributed by atoms with Crippen LogP contribution in [-0.4, -0.2) is 15.3 Å². The number of aromatic hydroxyl groups is 3. The second-order valence-electron chi connectivity index (χ2n) is 8.25. The Bertz CT molecular complexity index is 1690. The zero-order valence-corrected chi connectivity index (χ0v) is 17.7. The molecule has 0 aliphatic carbocycles. The first kappa shape index (κ1) is 19.2. The van der Waals surface area contributed by atoms with E-state index < -0.39 is 0 Å². The van der Waals surface area contributed by atoms with E-state index in [-0.39, 0.29) is 17.2 Å². The lowest BCUT2D eigenvalue weighted by molar-refractivity contribution is 0.476. The maximum absolute atomic E-state index is 11.0. The van der Waals surface area contributed by atoms with Crippen molar-refractivity contribution in [1.82, 2.24) is 0 Å². The molecule has 0 aliphatic heterocycles. The lowest BCUT2D eigenvalue weighted by Crippen LogP contribution is -1.89. The van der Waals surface area contributed by atoms with Gasteiger partial charge in [0.15, 0.2) is 0 Å². The monoisotopic (exact) mass is 428 g/mol. The minimum absolute atomic E-state index is 0.180. The molecule has 0 spiro atoms. The quantitative estimate of drug-likeness (QED) is 0.266. The Morgan fingerprint density at radius 1 is 0.394 bits per heavy atom. The number of hydrogen-bond acceptors (Lipinski definition) is 3. The van der Waals surface area contributed by atoms with E-state index >= 15 is 0 Å². The molecule has 0 heterocycles. The minimum atomic E-state index is 0.180. The van der Waals surface area contributed by atoms with E-state index in [4.69, 9.17) is 0 Å². The third-order valence-electron chi connectivity index (χ3n) is 6.35. The number of phenols is 3. The second kappa shape index (κ2) is 7.28. The molecule has 6 rings (SSSR count). The van der Waals surface area contributed by atoms with Gasteiger partial charge in [0.1, 0.15) is 17.2 Å². The molecule has 0 unspecified atom stereocenters. The molecule has 33 heavy (non-hydrogen) atoms. The highest BCUT2D eigenvalue weighted by atomic mass is 16.3. The van der Waals surface area contributed by atoms with Crippen LogP contribution in [0.2, 0.25) is 0 Å². The zero-order valence-electron chi connectivity index (χ0n) is 17.7. The summed E-state index contributed by atoms with van der Waals surface area (Å²) in [5.41, 5.74) is 3.65. The van der Waals surface area contributed by atoms with Crippen molar-refractivity contribution in [1.29, 1.82) is 0 Å². The Balaban J connectivity index is 1.71. The van der Waals surface area contributed by atoms with Crippen LogP contribution >= 0.6 is 0 Å². The van der Waals surface area contributed by atoms with Crippen molar-refractivity contribution in [3.05, 3.63) is 103 Å². The van der Waals surface area contributed by atoms with Crippen LogP contribution in [0.5, 0.6) is 17.2 Å². The zero-order chi connectivity index (χ0) is 22.5. The Morgan fingerprint density at radius 3 is 1.79 bits per heavy atom. The van der Waals surface area contributed by atoms with Crippen molar-refractivity contribution < 1.29 is 15.3 Å². The standard InChI is InChI=1S/C30H20O3/c31-20-14-13-18-5-1-8-21(26(18)17-20)22-15-16-25(30-23(22)10-4-12-28(30)33)24-9-2-6-19-7-3-11-27(32)29(19)24/h1-17,31-33H. The molecule has 0 aromatic heterocycles. The van der Waals surface area contributed by atoms with Gasteiger partial charge >= 0.3 is 0 Å². The van der Waals surface area contributed by atoms with Gasteiger partial charge in [-0.15, -0.1) is 0 Å². The molecule has 3 nitrogen and oxygen atoms in total. The smallest absolute Gasteiger partial charge is 0.124 e. The van der Waals surface area contributed by atoms with Gasteiger partial charge in [-0.1, -0.05) is 78.9 Å². The van der Waals surface area contributed by atoms with Crippen LogP contribution in [0.15, 0.2) is 103 Å². The van der Waals surface area contributed by atoms with Crippen LogP contribution in [-0.2, 0) is 0 Å². The summed E-state index contributed by atoms with van der Waals surface area (Å²) < 4.78 is 0. The number of fused-ring (bicyclic) bond motifs is 3. The fourth-order valence-corrected chi connectivity index (χ4v) is 4.89. The molecule has 0 bridgehead atoms. The topological polar surface area (TPSA) is 60.7 Å². The van der Waals surface area contributed by atoms with Crippen molar-refractivity contribution in [2.45, 2.75) is 0 Å². The second-order valence-corrected chi connectivity index (χ2v) is 8.25. The molecule has 0 atom stereocenters. The normalized spacial score (nSPS) is 11.4. The molecule has 6 aromatic rings. The van der Waals surface area contributed by atoms with Crippen molar-refractivity contribution in [3.63, 3.8) is 0 Å². The summed E-state index contributed by atoms with van der Waals surface area (Å²) in [4.78, 5) is 0. The van der Waals surface area contributed by atoms with Gasteiger partial charge < -0.3 is 15.3 Å². The minimum Gasteiger partial charge on any atom is -0.508 e. The SMILES string of the molecule is Oc1ccc2cccc(-c3ccc(-c4cccc5cccc(O)c45)c4c(O)cccc34)c2c1. The molecule has 0 amide bonds. The molecule has 6 aromatic carbocycles. The van der Waals surface area contributed by atoms with Crippen molar-refractivity contribution in [3.8, 4) is 39.5 Å². The van der Waals surface area contributed by atoms with Crippen LogP contribution in [0, 0.1) is 0 Å². The third-order valence-corrected chi connectivity index (χ3v) is 6.35. The van der Waals surface area contributed by atoms with Crippen LogP contribution in [0.4, 0.5) is 0 Å². The first-order valence-electron chi connectivity index (χ1n) is 10.8. The summed E-state index contributed by atoms with van der Waals surface area (Å²) in [5, 5.41) is 37.0. The van der Waals surface area contributed by atoms with Gasteiger partial charge in [-0.3, -0.25) is 0 Å². The first-order valence-corrected chi connectivity index (χ1v) is 10.8. The lowest BCUT2D eigenvalue weighted by Gasteiger charge is -2.16. The summed E-state index contributed by atoms with van der Waals surface area (Å²) in [6.07, 6.45) is 0. The van der Waals surface area contributed by atoms with Gasteiger partial charge in [0.2, 0.25) is 0 Å². The average molecular weight is 428 g/mol. The molecule has 0 saturated heterocycles. The number of phenolic OH excluding ortho intramolecular Hbond substituents is 3. The molecular formula is C30H20O3. The number of benzene rings is 6. The molecule has 0 radical (unpaired) electrons. The summed E-state index contributed by atoms with van der Waals surface area (Å²) in [6.45, 7) is 0. The van der Waals surface area contributed by atoms with E-state index in [1.165, 1.54) is 0 Å². The fourth-order valence-electron chi connectivity index (χ4n) is 4.89. The first-order chi connectivity index (χ1) is 16.1. The van der Waals surface area contributed by atoms with E-state index in [0.29, 0.717) is 0 Å². The Hall–Kier alpha value is -4.50. The van der Waals surface area contributed by atoms with Gasteiger partial charge in [0.05, 0.1) is 0 Å². The van der Waals surface area contributed by atoms with Gasteiger partial charge in [-0.25, -0.2) is 0 Å². The van der Waals surface area contributed by atoms with Crippen LogP contribution in [0.25, 0.3) is 54.6 Å². The van der Waals surface area contributed by atoms with Crippen molar-refractivity contribution in [2.24, 2.45) is 0 Å². The lowest BCUT2D eigenvalue weighted by atomic mass is 9.88. The third kappa shape index (κ3) is 2.98.